The molecule has 0 aliphatic heterocycles. The molecule has 20 heavy (non-hydrogen) atoms. The summed E-state index contributed by atoms with van der Waals surface area (Å²) in [5, 5.41) is 0.538. The number of furan rings is 1. The lowest BCUT2D eigenvalue weighted by molar-refractivity contribution is 0.143. The van der Waals surface area contributed by atoms with Crippen LogP contribution in [-0.2, 0) is 0 Å². The molecule has 0 saturated carbocycles. The molecule has 0 radical (unpaired) electrons. The lowest BCUT2D eigenvalue weighted by Crippen LogP contribution is -2.31. The minimum Gasteiger partial charge on any atom is -0.479 e. The minimum atomic E-state index is -0.354. The minimum absolute atomic E-state index is 0.166. The molecule has 2 atom stereocenters. The molecule has 0 aliphatic rings. The summed E-state index contributed by atoms with van der Waals surface area (Å²) in [5.74, 6) is 2.15. The van der Waals surface area contributed by atoms with Gasteiger partial charge in [-0.15, -0.1) is 0 Å². The van der Waals surface area contributed by atoms with Crippen molar-refractivity contribution in [2.75, 3.05) is 0 Å². The molecule has 0 amide bonds. The molecule has 5 heteroatoms. The number of rotatable bonds is 5. The van der Waals surface area contributed by atoms with Crippen molar-refractivity contribution in [2.24, 2.45) is 5.73 Å². The number of ether oxygens (including phenoxy) is 1. The summed E-state index contributed by atoms with van der Waals surface area (Å²) in [4.78, 5) is 0. The second-order valence-electron chi connectivity index (χ2n) is 4.63. The van der Waals surface area contributed by atoms with Crippen LogP contribution in [-0.4, -0.2) is 6.04 Å². The van der Waals surface area contributed by atoms with Crippen LogP contribution in [0.25, 0.3) is 0 Å². The Morgan fingerprint density at radius 3 is 2.65 bits per heavy atom. The molecule has 108 valence electrons. The van der Waals surface area contributed by atoms with Gasteiger partial charge in [0.1, 0.15) is 17.3 Å². The van der Waals surface area contributed by atoms with E-state index in [1.807, 2.05) is 38.1 Å². The van der Waals surface area contributed by atoms with Crippen molar-refractivity contribution >= 4 is 27.5 Å². The molecule has 0 bridgehead atoms. The van der Waals surface area contributed by atoms with Crippen molar-refractivity contribution in [3.63, 3.8) is 0 Å². The zero-order valence-electron chi connectivity index (χ0n) is 11.4. The Kier molecular flexibility index (Phi) is 5.13. The second-order valence-corrected chi connectivity index (χ2v) is 5.96. The Morgan fingerprint density at radius 2 is 2.10 bits per heavy atom. The molecule has 2 aromatic rings. The molecule has 2 unspecified atom stereocenters. The number of hydrogen-bond donors (Lipinski definition) is 1. The highest BCUT2D eigenvalue weighted by atomic mass is 79.9. The van der Waals surface area contributed by atoms with E-state index in [9.17, 15) is 0 Å². The van der Waals surface area contributed by atoms with Gasteiger partial charge in [0.15, 0.2) is 6.10 Å². The zero-order chi connectivity index (χ0) is 14.7. The van der Waals surface area contributed by atoms with Crippen molar-refractivity contribution in [1.82, 2.24) is 0 Å². The number of halogens is 2. The Morgan fingerprint density at radius 1 is 1.35 bits per heavy atom. The summed E-state index contributed by atoms with van der Waals surface area (Å²) in [7, 11) is 0. The first-order chi connectivity index (χ1) is 9.51. The molecule has 0 spiro atoms. The first-order valence-electron chi connectivity index (χ1n) is 6.45. The number of nitrogens with two attached hydrogens (primary N) is 1. The molecule has 1 aromatic carbocycles. The third-order valence-electron chi connectivity index (χ3n) is 3.05. The third kappa shape index (κ3) is 3.57. The van der Waals surface area contributed by atoms with Crippen LogP contribution in [0.2, 0.25) is 5.02 Å². The summed E-state index contributed by atoms with van der Waals surface area (Å²) >= 11 is 9.56. The van der Waals surface area contributed by atoms with E-state index in [1.165, 1.54) is 0 Å². The highest BCUT2D eigenvalue weighted by Crippen LogP contribution is 2.33. The van der Waals surface area contributed by atoms with Crippen LogP contribution in [0.3, 0.4) is 0 Å². The fraction of sp³-hybridized carbons (Fsp3) is 0.333. The van der Waals surface area contributed by atoms with Gasteiger partial charge in [-0.2, -0.15) is 0 Å². The summed E-state index contributed by atoms with van der Waals surface area (Å²) in [6, 6.07) is 9.11. The van der Waals surface area contributed by atoms with Gasteiger partial charge in [-0.3, -0.25) is 0 Å². The summed E-state index contributed by atoms with van der Waals surface area (Å²) < 4.78 is 12.5. The summed E-state index contributed by atoms with van der Waals surface area (Å²) in [5.41, 5.74) is 6.15. The van der Waals surface area contributed by atoms with Gasteiger partial charge in [-0.25, -0.2) is 0 Å². The van der Waals surface area contributed by atoms with Gasteiger partial charge in [0.05, 0.1) is 5.02 Å². The lowest BCUT2D eigenvalue weighted by Gasteiger charge is -2.23. The highest BCUT2D eigenvalue weighted by Gasteiger charge is 2.24. The van der Waals surface area contributed by atoms with E-state index in [-0.39, 0.29) is 12.1 Å². The van der Waals surface area contributed by atoms with Gasteiger partial charge < -0.3 is 14.9 Å². The van der Waals surface area contributed by atoms with Crippen LogP contribution in [0.15, 0.2) is 39.2 Å². The number of hydrogen-bond acceptors (Lipinski definition) is 3. The van der Waals surface area contributed by atoms with Crippen LogP contribution in [0.4, 0.5) is 0 Å². The van der Waals surface area contributed by atoms with Crippen LogP contribution >= 0.6 is 27.5 Å². The van der Waals surface area contributed by atoms with Crippen molar-refractivity contribution < 1.29 is 9.15 Å². The molecule has 2 rings (SSSR count). The molecular formula is C15H17BrClNO2. The van der Waals surface area contributed by atoms with Gasteiger partial charge >= 0.3 is 0 Å². The highest BCUT2D eigenvalue weighted by molar-refractivity contribution is 9.10. The molecular weight excluding hydrogens is 342 g/mol. The molecule has 2 N–H and O–H groups in total. The predicted octanol–water partition coefficient (Wildman–Crippen LogP) is 4.86. The van der Waals surface area contributed by atoms with E-state index in [2.05, 4.69) is 15.9 Å². The van der Waals surface area contributed by atoms with E-state index in [1.54, 1.807) is 6.07 Å². The van der Waals surface area contributed by atoms with Gasteiger partial charge in [-0.05, 0) is 43.7 Å². The molecule has 0 aliphatic carbocycles. The third-order valence-corrected chi connectivity index (χ3v) is 3.84. The van der Waals surface area contributed by atoms with Crippen molar-refractivity contribution in [2.45, 2.75) is 32.4 Å². The van der Waals surface area contributed by atoms with Crippen LogP contribution in [0.1, 0.15) is 31.0 Å². The SMILES string of the molecule is CCC(N)C(Oc1ccc(Br)cc1Cl)c1ccc(C)o1. The Bertz CT molecular complexity index is 585. The summed E-state index contributed by atoms with van der Waals surface area (Å²) in [6.45, 7) is 3.91. The van der Waals surface area contributed by atoms with E-state index in [0.29, 0.717) is 10.8 Å². The first-order valence-corrected chi connectivity index (χ1v) is 7.62. The van der Waals surface area contributed by atoms with E-state index in [0.717, 1.165) is 22.4 Å². The first kappa shape index (κ1) is 15.4. The van der Waals surface area contributed by atoms with E-state index < -0.39 is 0 Å². The Labute approximate surface area is 132 Å². The second kappa shape index (κ2) is 6.66. The molecule has 0 fully saturated rings. The van der Waals surface area contributed by atoms with Crippen molar-refractivity contribution in [3.8, 4) is 5.75 Å². The fourth-order valence-electron chi connectivity index (χ4n) is 1.88. The van der Waals surface area contributed by atoms with Gasteiger partial charge in [-0.1, -0.05) is 34.5 Å². The van der Waals surface area contributed by atoms with Gasteiger partial charge in [0.2, 0.25) is 0 Å². The van der Waals surface area contributed by atoms with E-state index in [4.69, 9.17) is 26.5 Å². The number of benzene rings is 1. The fourth-order valence-corrected chi connectivity index (χ4v) is 2.60. The number of aryl methyl sites for hydroxylation is 1. The predicted molar refractivity (Wildman–Crippen MR) is 84.2 cm³/mol. The molecule has 0 saturated heterocycles. The standard InChI is InChI=1S/C15H17BrClNO2/c1-3-12(18)15(14-6-4-9(2)19-14)20-13-7-5-10(16)8-11(13)17/h4-8,12,15H,3,18H2,1-2H3. The molecule has 1 aromatic heterocycles. The summed E-state index contributed by atoms with van der Waals surface area (Å²) in [6.07, 6.45) is 0.422. The topological polar surface area (TPSA) is 48.4 Å². The Balaban J connectivity index is 2.28. The average Bonchev–Trinajstić information content (AvgIpc) is 2.83. The maximum atomic E-state index is 6.19. The molecule has 1 heterocycles. The van der Waals surface area contributed by atoms with Crippen LogP contribution < -0.4 is 10.5 Å². The zero-order valence-corrected chi connectivity index (χ0v) is 13.7. The van der Waals surface area contributed by atoms with Gasteiger partial charge in [0, 0.05) is 10.5 Å². The van der Waals surface area contributed by atoms with Crippen molar-refractivity contribution in [1.29, 1.82) is 0 Å². The smallest absolute Gasteiger partial charge is 0.171 e. The lowest BCUT2D eigenvalue weighted by atomic mass is 10.1. The van der Waals surface area contributed by atoms with Crippen LogP contribution in [0.5, 0.6) is 5.75 Å². The largest absolute Gasteiger partial charge is 0.479 e. The average molecular weight is 359 g/mol. The normalized spacial score (nSPS) is 14.1. The van der Waals surface area contributed by atoms with Crippen LogP contribution in [0, 0.1) is 6.92 Å². The quantitative estimate of drug-likeness (QED) is 0.830. The monoisotopic (exact) mass is 357 g/mol. The Hall–Kier alpha value is -0.970. The van der Waals surface area contributed by atoms with E-state index >= 15 is 0 Å². The maximum absolute atomic E-state index is 6.19. The van der Waals surface area contributed by atoms with Crippen molar-refractivity contribution in [3.05, 3.63) is 51.3 Å². The molecule has 3 nitrogen and oxygen atoms in total. The van der Waals surface area contributed by atoms with Gasteiger partial charge in [0.25, 0.3) is 0 Å². The maximum Gasteiger partial charge on any atom is 0.171 e.